The second-order valence-electron chi connectivity index (χ2n) is 5.87. The van der Waals surface area contributed by atoms with Crippen molar-refractivity contribution in [2.45, 2.75) is 37.6 Å². The molecule has 0 saturated heterocycles. The first kappa shape index (κ1) is 16.3. The second kappa shape index (κ2) is 5.53. The molecule has 1 aliphatic carbocycles. The average molecular weight is 346 g/mol. The number of hydrogen-bond acceptors (Lipinski definition) is 2. The van der Waals surface area contributed by atoms with Gasteiger partial charge in [-0.05, 0) is 50.0 Å². The molecule has 1 aliphatic heterocycles. The molecule has 2 aliphatic rings. The quantitative estimate of drug-likeness (QED) is 0.806. The number of hydrogen-bond donors (Lipinski definition) is 1. The molecule has 3 nitrogen and oxygen atoms in total. The van der Waals surface area contributed by atoms with E-state index in [0.717, 1.165) is 18.9 Å². The molecule has 2 unspecified atom stereocenters. The first-order chi connectivity index (χ1) is 10.7. The van der Waals surface area contributed by atoms with Crippen LogP contribution in [0.25, 0.3) is 0 Å². The summed E-state index contributed by atoms with van der Waals surface area (Å²) in [5, 5.41) is 2.62. The Morgan fingerprint density at radius 3 is 2.70 bits per heavy atom. The Hall–Kier alpha value is -1.53. The average Bonchev–Trinajstić information content (AvgIpc) is 3.27. The van der Waals surface area contributed by atoms with Crippen molar-refractivity contribution < 1.29 is 22.7 Å². The van der Waals surface area contributed by atoms with Gasteiger partial charge in [0.25, 0.3) is 5.91 Å². The maximum atomic E-state index is 14.0. The Morgan fingerprint density at radius 2 is 2.09 bits per heavy atom. The normalized spacial score (nSPS) is 28.4. The molecule has 7 heteroatoms. The van der Waals surface area contributed by atoms with E-state index in [0.29, 0.717) is 0 Å². The van der Waals surface area contributed by atoms with Crippen molar-refractivity contribution in [1.82, 2.24) is 0 Å². The monoisotopic (exact) mass is 345 g/mol. The minimum absolute atomic E-state index is 0.0570. The Kier molecular flexibility index (Phi) is 3.92. The highest BCUT2D eigenvalue weighted by Crippen LogP contribution is 2.49. The summed E-state index contributed by atoms with van der Waals surface area (Å²) in [4.78, 5) is 12.0. The number of anilines is 1. The summed E-state index contributed by atoms with van der Waals surface area (Å²) < 4.78 is 47.3. The van der Waals surface area contributed by atoms with Gasteiger partial charge in [0.1, 0.15) is 6.10 Å². The summed E-state index contributed by atoms with van der Waals surface area (Å²) in [7, 11) is 0. The number of carbonyl (C=O) groups is 1. The van der Waals surface area contributed by atoms with E-state index in [-0.39, 0.29) is 22.2 Å². The zero-order valence-corrected chi connectivity index (χ0v) is 13.0. The van der Waals surface area contributed by atoms with Gasteiger partial charge in [-0.3, -0.25) is 4.79 Å². The number of allylic oxidation sites excluding steroid dienone is 1. The lowest BCUT2D eigenvalue weighted by Gasteiger charge is -2.34. The number of fused-ring (bicyclic) bond motifs is 1. The van der Waals surface area contributed by atoms with Gasteiger partial charge in [-0.15, -0.1) is 0 Å². The molecular formula is C16H15ClF3NO2. The molecule has 0 bridgehead atoms. The summed E-state index contributed by atoms with van der Waals surface area (Å²) in [6.07, 6.45) is -1.74. The molecular weight excluding hydrogens is 331 g/mol. The standard InChI is InChI=1S/C16H15ClF3NO2/c1-9-14(22)21-13-5-4-11(17)8-12(13)15(23-9,16(18,19)20)7-6-10-2-3-10/h4-10H,2-3H2,1H3,(H,21,22)/b7-6+. The minimum Gasteiger partial charge on any atom is -0.344 e. The third-order valence-corrected chi connectivity index (χ3v) is 4.25. The number of ether oxygens (including phenoxy) is 1. The largest absolute Gasteiger partial charge is 0.425 e. The molecule has 1 heterocycles. The fourth-order valence-corrected chi connectivity index (χ4v) is 2.74. The van der Waals surface area contributed by atoms with Gasteiger partial charge in [0.2, 0.25) is 5.60 Å². The predicted molar refractivity (Wildman–Crippen MR) is 80.2 cm³/mol. The van der Waals surface area contributed by atoms with Crippen molar-refractivity contribution in [3.8, 4) is 0 Å². The molecule has 0 aromatic heterocycles. The Morgan fingerprint density at radius 1 is 1.39 bits per heavy atom. The van der Waals surface area contributed by atoms with Crippen molar-refractivity contribution in [1.29, 1.82) is 0 Å². The molecule has 2 atom stereocenters. The highest BCUT2D eigenvalue weighted by Gasteiger charge is 2.59. The van der Waals surface area contributed by atoms with Gasteiger partial charge in [-0.25, -0.2) is 0 Å². The van der Waals surface area contributed by atoms with E-state index in [9.17, 15) is 18.0 Å². The van der Waals surface area contributed by atoms with E-state index in [1.165, 1.54) is 31.2 Å². The summed E-state index contributed by atoms with van der Waals surface area (Å²) in [6.45, 7) is 1.30. The molecule has 124 valence electrons. The van der Waals surface area contributed by atoms with Gasteiger partial charge < -0.3 is 10.1 Å². The Labute approximate surface area is 136 Å². The fraction of sp³-hybridized carbons (Fsp3) is 0.438. The van der Waals surface area contributed by atoms with E-state index >= 15 is 0 Å². The summed E-state index contributed by atoms with van der Waals surface area (Å²) in [5.41, 5.74) is -2.84. The van der Waals surface area contributed by atoms with Crippen LogP contribution in [0.3, 0.4) is 0 Å². The zero-order chi connectivity index (χ0) is 16.8. The Balaban J connectivity index is 2.22. The van der Waals surface area contributed by atoms with Gasteiger partial charge in [-0.2, -0.15) is 13.2 Å². The van der Waals surface area contributed by atoms with Crippen molar-refractivity contribution in [3.05, 3.63) is 40.9 Å². The van der Waals surface area contributed by atoms with Crippen LogP contribution in [0.4, 0.5) is 18.9 Å². The zero-order valence-electron chi connectivity index (χ0n) is 12.3. The number of amides is 1. The van der Waals surface area contributed by atoms with E-state index in [4.69, 9.17) is 16.3 Å². The highest BCUT2D eigenvalue weighted by molar-refractivity contribution is 6.30. The van der Waals surface area contributed by atoms with Crippen molar-refractivity contribution >= 4 is 23.2 Å². The minimum atomic E-state index is -4.74. The molecule has 1 aromatic carbocycles. The van der Waals surface area contributed by atoms with Crippen molar-refractivity contribution in [2.75, 3.05) is 5.32 Å². The lowest BCUT2D eigenvalue weighted by molar-refractivity contribution is -0.271. The maximum Gasteiger partial charge on any atom is 0.425 e. The number of alkyl halides is 3. The van der Waals surface area contributed by atoms with Gasteiger partial charge in [-0.1, -0.05) is 17.7 Å². The van der Waals surface area contributed by atoms with Gasteiger partial charge >= 0.3 is 6.18 Å². The van der Waals surface area contributed by atoms with E-state index in [1.807, 2.05) is 0 Å². The maximum absolute atomic E-state index is 14.0. The van der Waals surface area contributed by atoms with Crippen LogP contribution in [0.15, 0.2) is 30.4 Å². The number of halogens is 4. The van der Waals surface area contributed by atoms with Crippen molar-refractivity contribution in [2.24, 2.45) is 5.92 Å². The van der Waals surface area contributed by atoms with Gasteiger partial charge in [0.15, 0.2) is 0 Å². The third kappa shape index (κ3) is 2.97. The summed E-state index contributed by atoms with van der Waals surface area (Å²) >= 11 is 5.90. The van der Waals surface area contributed by atoms with E-state index < -0.39 is 23.8 Å². The molecule has 23 heavy (non-hydrogen) atoms. The topological polar surface area (TPSA) is 38.3 Å². The molecule has 0 radical (unpaired) electrons. The number of rotatable bonds is 2. The molecule has 1 N–H and O–H groups in total. The lowest BCUT2D eigenvalue weighted by atomic mass is 9.90. The SMILES string of the molecule is CC1OC(/C=C/C2CC2)(C(F)(F)F)c2cc(Cl)ccc2NC1=O. The van der Waals surface area contributed by atoms with Crippen molar-refractivity contribution in [3.63, 3.8) is 0 Å². The van der Waals surface area contributed by atoms with E-state index in [1.54, 1.807) is 0 Å². The Bertz CT molecular complexity index is 670. The van der Waals surface area contributed by atoms with Crippen LogP contribution < -0.4 is 5.32 Å². The molecule has 1 fully saturated rings. The molecule has 1 amide bonds. The van der Waals surface area contributed by atoms with Gasteiger partial charge in [0.05, 0.1) is 0 Å². The predicted octanol–water partition coefficient (Wildman–Crippen LogP) is 4.42. The van der Waals surface area contributed by atoms with Crippen LogP contribution in [0.5, 0.6) is 0 Å². The van der Waals surface area contributed by atoms with Crippen LogP contribution in [-0.4, -0.2) is 18.2 Å². The number of nitrogens with one attached hydrogen (secondary N) is 1. The first-order valence-electron chi connectivity index (χ1n) is 7.28. The molecule has 3 rings (SSSR count). The summed E-state index contributed by atoms with van der Waals surface area (Å²) in [5.74, 6) is -0.498. The van der Waals surface area contributed by atoms with Crippen LogP contribution in [-0.2, 0) is 15.1 Å². The van der Waals surface area contributed by atoms with Crippen LogP contribution in [0.1, 0.15) is 25.3 Å². The van der Waals surface area contributed by atoms with E-state index in [2.05, 4.69) is 5.32 Å². The number of benzene rings is 1. The molecule has 1 saturated carbocycles. The molecule has 0 spiro atoms. The smallest absolute Gasteiger partial charge is 0.344 e. The number of carbonyl (C=O) groups excluding carboxylic acids is 1. The molecule has 1 aromatic rings. The third-order valence-electron chi connectivity index (χ3n) is 4.02. The van der Waals surface area contributed by atoms with Crippen LogP contribution in [0.2, 0.25) is 5.02 Å². The van der Waals surface area contributed by atoms with Crippen LogP contribution in [0, 0.1) is 5.92 Å². The second-order valence-corrected chi connectivity index (χ2v) is 6.31. The lowest BCUT2D eigenvalue weighted by Crippen LogP contribution is -2.45. The highest BCUT2D eigenvalue weighted by atomic mass is 35.5. The van der Waals surface area contributed by atoms with Crippen LogP contribution >= 0.6 is 11.6 Å². The van der Waals surface area contributed by atoms with Gasteiger partial charge in [0, 0.05) is 16.3 Å². The fourth-order valence-electron chi connectivity index (χ4n) is 2.57. The first-order valence-corrected chi connectivity index (χ1v) is 7.65. The summed E-state index contributed by atoms with van der Waals surface area (Å²) in [6, 6.07) is 3.99.